The number of rotatable bonds is 5. The van der Waals surface area contributed by atoms with Gasteiger partial charge in [-0.2, -0.15) is 11.8 Å². The topological polar surface area (TPSA) is 57.2 Å². The number of ether oxygens (including phenoxy) is 1. The molecule has 1 N–H and O–H groups in total. The first-order valence-corrected chi connectivity index (χ1v) is 12.3. The smallest absolute Gasteiger partial charge is 0.309 e. The van der Waals surface area contributed by atoms with Crippen LogP contribution in [0.1, 0.15) is 51.9 Å². The summed E-state index contributed by atoms with van der Waals surface area (Å²) in [6, 6.07) is 0. The molecule has 0 atom stereocenters. The van der Waals surface area contributed by atoms with Gasteiger partial charge in [0.15, 0.2) is 5.96 Å². The van der Waals surface area contributed by atoms with Gasteiger partial charge in [0.2, 0.25) is 0 Å². The highest BCUT2D eigenvalue weighted by molar-refractivity contribution is 7.99. The summed E-state index contributed by atoms with van der Waals surface area (Å²) in [5.41, 5.74) is 0.290. The van der Waals surface area contributed by atoms with Gasteiger partial charge in [0.1, 0.15) is 0 Å². The van der Waals surface area contributed by atoms with E-state index in [-0.39, 0.29) is 11.9 Å². The summed E-state index contributed by atoms with van der Waals surface area (Å²) in [5, 5.41) is 3.73. The van der Waals surface area contributed by atoms with E-state index in [0.717, 1.165) is 38.4 Å². The van der Waals surface area contributed by atoms with Gasteiger partial charge in [0.25, 0.3) is 0 Å². The number of likely N-dealkylation sites (tertiary alicyclic amines) is 1. The second-order valence-electron chi connectivity index (χ2n) is 8.30. The number of piperidine rings is 1. The second kappa shape index (κ2) is 10.7. The van der Waals surface area contributed by atoms with Crippen LogP contribution >= 0.6 is 11.8 Å². The summed E-state index contributed by atoms with van der Waals surface area (Å²) < 4.78 is 5.20. The van der Waals surface area contributed by atoms with E-state index in [9.17, 15) is 4.79 Å². The van der Waals surface area contributed by atoms with Crippen LogP contribution in [0.5, 0.6) is 0 Å². The molecule has 0 aromatic rings. The number of guanidine groups is 1. The Hall–Kier alpha value is -0.950. The first-order valence-electron chi connectivity index (χ1n) is 11.1. The molecule has 6 nitrogen and oxygen atoms in total. The fourth-order valence-corrected chi connectivity index (χ4v) is 5.92. The number of nitrogens with one attached hydrogen (secondary N) is 1. The second-order valence-corrected chi connectivity index (χ2v) is 9.52. The Balaban J connectivity index is 1.55. The van der Waals surface area contributed by atoms with Crippen molar-refractivity contribution in [2.24, 2.45) is 10.9 Å². The van der Waals surface area contributed by atoms with E-state index >= 15 is 0 Å². The Morgan fingerprint density at radius 2 is 1.82 bits per heavy atom. The molecule has 28 heavy (non-hydrogen) atoms. The molecule has 1 saturated carbocycles. The van der Waals surface area contributed by atoms with Gasteiger partial charge in [0, 0.05) is 56.8 Å². The van der Waals surface area contributed by atoms with Crippen LogP contribution in [0.4, 0.5) is 0 Å². The van der Waals surface area contributed by atoms with Gasteiger partial charge < -0.3 is 15.0 Å². The van der Waals surface area contributed by atoms with Gasteiger partial charge in [-0.25, -0.2) is 0 Å². The summed E-state index contributed by atoms with van der Waals surface area (Å²) in [6.45, 7) is 7.52. The molecule has 0 aromatic carbocycles. The molecule has 7 heteroatoms. The quantitative estimate of drug-likeness (QED) is 0.427. The summed E-state index contributed by atoms with van der Waals surface area (Å²) in [7, 11) is 1.88. The molecule has 0 amide bonds. The minimum atomic E-state index is -0.0331. The lowest BCUT2D eigenvalue weighted by Crippen LogP contribution is -2.60. The van der Waals surface area contributed by atoms with Crippen LogP contribution in [0.3, 0.4) is 0 Å². The number of nitrogens with zero attached hydrogens (tertiary/aromatic N) is 3. The molecule has 0 bridgehead atoms. The summed E-state index contributed by atoms with van der Waals surface area (Å²) in [5.74, 6) is 3.54. The zero-order valence-electron chi connectivity index (χ0n) is 17.8. The molecular weight excluding hydrogens is 372 g/mol. The Morgan fingerprint density at radius 1 is 1.14 bits per heavy atom. The van der Waals surface area contributed by atoms with Gasteiger partial charge >= 0.3 is 5.97 Å². The molecule has 0 unspecified atom stereocenters. The molecule has 0 spiro atoms. The molecule has 3 fully saturated rings. The van der Waals surface area contributed by atoms with Crippen molar-refractivity contribution in [3.63, 3.8) is 0 Å². The fourth-order valence-electron chi connectivity index (χ4n) is 5.02. The third-order valence-corrected chi connectivity index (χ3v) is 7.61. The maximum Gasteiger partial charge on any atom is 0.309 e. The maximum absolute atomic E-state index is 12.0. The van der Waals surface area contributed by atoms with E-state index in [1.807, 2.05) is 14.0 Å². The van der Waals surface area contributed by atoms with E-state index in [1.165, 1.54) is 56.7 Å². The Bertz CT molecular complexity index is 522. The standard InChI is InChI=1S/C21H38N4O2S/c1-3-27-19(26)18-7-11-24(12-8-18)20(22-2)23-17-21(9-5-4-6-10-21)25-13-15-28-16-14-25/h18H,3-17H2,1-2H3,(H,22,23). The van der Waals surface area contributed by atoms with E-state index < -0.39 is 0 Å². The summed E-state index contributed by atoms with van der Waals surface area (Å²) in [6.07, 6.45) is 8.37. The predicted molar refractivity (Wildman–Crippen MR) is 117 cm³/mol. The molecule has 2 heterocycles. The monoisotopic (exact) mass is 410 g/mol. The largest absolute Gasteiger partial charge is 0.466 e. The van der Waals surface area contributed by atoms with Crippen molar-refractivity contribution in [3.05, 3.63) is 0 Å². The molecule has 2 aliphatic heterocycles. The minimum Gasteiger partial charge on any atom is -0.466 e. The number of esters is 1. The predicted octanol–water partition coefficient (Wildman–Crippen LogP) is 2.59. The highest BCUT2D eigenvalue weighted by Crippen LogP contribution is 2.35. The van der Waals surface area contributed by atoms with Crippen molar-refractivity contribution in [1.82, 2.24) is 15.1 Å². The molecule has 0 aromatic heterocycles. The lowest BCUT2D eigenvalue weighted by atomic mass is 9.80. The molecule has 3 aliphatic rings. The molecule has 160 valence electrons. The van der Waals surface area contributed by atoms with Crippen LogP contribution < -0.4 is 5.32 Å². The van der Waals surface area contributed by atoms with Crippen molar-refractivity contribution in [1.29, 1.82) is 0 Å². The molecular formula is C21H38N4O2S. The first kappa shape index (κ1) is 21.8. The van der Waals surface area contributed by atoms with E-state index in [4.69, 9.17) is 4.74 Å². The van der Waals surface area contributed by atoms with Crippen LogP contribution in [0.25, 0.3) is 0 Å². The van der Waals surface area contributed by atoms with E-state index in [2.05, 4.69) is 31.9 Å². The van der Waals surface area contributed by atoms with Crippen molar-refractivity contribution in [2.45, 2.75) is 57.4 Å². The Kier molecular flexibility index (Phi) is 8.33. The third kappa shape index (κ3) is 5.35. The number of carbonyl (C=O) groups is 1. The summed E-state index contributed by atoms with van der Waals surface area (Å²) >= 11 is 2.09. The highest BCUT2D eigenvalue weighted by atomic mass is 32.2. The molecule has 1 aliphatic carbocycles. The zero-order valence-corrected chi connectivity index (χ0v) is 18.6. The number of aliphatic imine (C=N–C) groups is 1. The maximum atomic E-state index is 12.0. The molecule has 2 saturated heterocycles. The molecule has 3 rings (SSSR count). The van der Waals surface area contributed by atoms with Crippen molar-refractivity contribution in [2.75, 3.05) is 57.9 Å². The van der Waals surface area contributed by atoms with Crippen LogP contribution in [0, 0.1) is 5.92 Å². The van der Waals surface area contributed by atoms with Gasteiger partial charge in [-0.3, -0.25) is 14.7 Å². The SMILES string of the molecule is CCOC(=O)C1CCN(C(=NC)NCC2(N3CCSCC3)CCCCC2)CC1. The zero-order chi connectivity index (χ0) is 19.8. The van der Waals surface area contributed by atoms with Crippen LogP contribution in [0.15, 0.2) is 4.99 Å². The van der Waals surface area contributed by atoms with E-state index in [0.29, 0.717) is 12.1 Å². The number of hydrogen-bond acceptors (Lipinski definition) is 5. The average Bonchev–Trinajstić information content (AvgIpc) is 2.76. The minimum absolute atomic E-state index is 0.0331. The molecule has 0 radical (unpaired) electrons. The number of hydrogen-bond donors (Lipinski definition) is 1. The lowest BCUT2D eigenvalue weighted by molar-refractivity contribution is -0.149. The first-order chi connectivity index (χ1) is 13.7. The van der Waals surface area contributed by atoms with Gasteiger partial charge in [-0.05, 0) is 32.6 Å². The summed E-state index contributed by atoms with van der Waals surface area (Å²) in [4.78, 5) is 21.6. The fraction of sp³-hybridized carbons (Fsp3) is 0.905. The number of thioether (sulfide) groups is 1. The van der Waals surface area contributed by atoms with Crippen LogP contribution in [-0.4, -0.2) is 85.2 Å². The van der Waals surface area contributed by atoms with E-state index in [1.54, 1.807) is 0 Å². The lowest BCUT2D eigenvalue weighted by Gasteiger charge is -2.48. The Morgan fingerprint density at radius 3 is 2.43 bits per heavy atom. The van der Waals surface area contributed by atoms with Gasteiger partial charge in [0.05, 0.1) is 12.5 Å². The van der Waals surface area contributed by atoms with Gasteiger partial charge in [-0.15, -0.1) is 0 Å². The normalized spacial score (nSPS) is 24.8. The van der Waals surface area contributed by atoms with Gasteiger partial charge in [-0.1, -0.05) is 19.3 Å². The highest BCUT2D eigenvalue weighted by Gasteiger charge is 2.39. The Labute approximate surface area is 174 Å². The van der Waals surface area contributed by atoms with Crippen molar-refractivity contribution in [3.8, 4) is 0 Å². The number of carbonyl (C=O) groups excluding carboxylic acids is 1. The average molecular weight is 411 g/mol. The van der Waals surface area contributed by atoms with Crippen LogP contribution in [0.2, 0.25) is 0 Å². The van der Waals surface area contributed by atoms with Crippen molar-refractivity contribution < 1.29 is 9.53 Å². The van der Waals surface area contributed by atoms with Crippen molar-refractivity contribution >= 4 is 23.7 Å². The van der Waals surface area contributed by atoms with Crippen LogP contribution in [-0.2, 0) is 9.53 Å². The third-order valence-electron chi connectivity index (χ3n) is 6.67.